The molecule has 108 valence electrons. The molecule has 0 saturated carbocycles. The number of fused-ring (bicyclic) bond motifs is 1. The smallest absolute Gasteiger partial charge is 0.255 e. The van der Waals surface area contributed by atoms with Crippen molar-refractivity contribution in [2.45, 2.75) is 6.92 Å². The molecule has 1 aromatic carbocycles. The van der Waals surface area contributed by atoms with Crippen molar-refractivity contribution < 1.29 is 4.79 Å². The number of hydrogen-bond acceptors (Lipinski definition) is 5. The summed E-state index contributed by atoms with van der Waals surface area (Å²) in [4.78, 5) is 18.2. The SMILES string of the molecule is CC(C#N)CN(C)C(=O)c1cnc(NN)c2ccccc12. The van der Waals surface area contributed by atoms with Crippen LogP contribution in [-0.4, -0.2) is 29.4 Å². The van der Waals surface area contributed by atoms with E-state index in [1.807, 2.05) is 24.3 Å². The van der Waals surface area contributed by atoms with Crippen molar-refractivity contribution in [3.05, 3.63) is 36.0 Å². The van der Waals surface area contributed by atoms with Crippen LogP contribution in [0.4, 0.5) is 5.82 Å². The summed E-state index contributed by atoms with van der Waals surface area (Å²) in [5.41, 5.74) is 3.03. The summed E-state index contributed by atoms with van der Waals surface area (Å²) < 4.78 is 0. The first-order chi connectivity index (χ1) is 10.1. The summed E-state index contributed by atoms with van der Waals surface area (Å²) in [6.07, 6.45) is 1.51. The van der Waals surface area contributed by atoms with E-state index in [4.69, 9.17) is 11.1 Å². The number of pyridine rings is 1. The van der Waals surface area contributed by atoms with Crippen molar-refractivity contribution in [2.24, 2.45) is 11.8 Å². The molecule has 21 heavy (non-hydrogen) atoms. The Morgan fingerprint density at radius 2 is 2.14 bits per heavy atom. The molecule has 0 bridgehead atoms. The van der Waals surface area contributed by atoms with E-state index >= 15 is 0 Å². The van der Waals surface area contributed by atoms with Gasteiger partial charge >= 0.3 is 0 Å². The molecule has 0 aliphatic rings. The van der Waals surface area contributed by atoms with Gasteiger partial charge in [-0.05, 0) is 12.3 Å². The Morgan fingerprint density at radius 3 is 2.76 bits per heavy atom. The zero-order valence-electron chi connectivity index (χ0n) is 12.0. The molecule has 0 fully saturated rings. The summed E-state index contributed by atoms with van der Waals surface area (Å²) in [5, 5.41) is 10.4. The third-order valence-corrected chi connectivity index (χ3v) is 3.28. The van der Waals surface area contributed by atoms with Gasteiger partial charge in [-0.2, -0.15) is 5.26 Å². The van der Waals surface area contributed by atoms with Gasteiger partial charge in [0, 0.05) is 25.2 Å². The molecule has 3 N–H and O–H groups in total. The molecular weight excluding hydrogens is 266 g/mol. The molecule has 2 aromatic rings. The maximum atomic E-state index is 12.5. The summed E-state index contributed by atoms with van der Waals surface area (Å²) in [6.45, 7) is 2.15. The number of anilines is 1. The Bertz CT molecular complexity index is 707. The van der Waals surface area contributed by atoms with Crippen molar-refractivity contribution in [2.75, 3.05) is 19.0 Å². The minimum absolute atomic E-state index is 0.163. The second-order valence-corrected chi connectivity index (χ2v) is 4.93. The van der Waals surface area contributed by atoms with E-state index in [-0.39, 0.29) is 11.8 Å². The van der Waals surface area contributed by atoms with Gasteiger partial charge in [-0.1, -0.05) is 24.3 Å². The summed E-state index contributed by atoms with van der Waals surface area (Å²) >= 11 is 0. The molecule has 0 aliphatic carbocycles. The molecular formula is C15H17N5O. The van der Waals surface area contributed by atoms with Crippen molar-refractivity contribution in [3.63, 3.8) is 0 Å². The quantitative estimate of drug-likeness (QED) is 0.658. The van der Waals surface area contributed by atoms with Gasteiger partial charge in [0.25, 0.3) is 5.91 Å². The zero-order chi connectivity index (χ0) is 15.4. The van der Waals surface area contributed by atoms with Gasteiger partial charge in [0.2, 0.25) is 0 Å². The molecule has 1 aromatic heterocycles. The van der Waals surface area contributed by atoms with E-state index in [2.05, 4.69) is 16.5 Å². The van der Waals surface area contributed by atoms with Crippen LogP contribution in [0.2, 0.25) is 0 Å². The predicted octanol–water partition coefficient (Wildman–Crippen LogP) is 1.75. The van der Waals surface area contributed by atoms with Gasteiger partial charge in [0.1, 0.15) is 5.82 Å². The van der Waals surface area contributed by atoms with E-state index < -0.39 is 0 Å². The maximum absolute atomic E-state index is 12.5. The first-order valence-corrected chi connectivity index (χ1v) is 6.58. The van der Waals surface area contributed by atoms with Gasteiger partial charge in [-0.25, -0.2) is 10.8 Å². The van der Waals surface area contributed by atoms with Crippen LogP contribution in [0.1, 0.15) is 17.3 Å². The first-order valence-electron chi connectivity index (χ1n) is 6.58. The van der Waals surface area contributed by atoms with Crippen LogP contribution in [0.3, 0.4) is 0 Å². The normalized spacial score (nSPS) is 11.7. The van der Waals surface area contributed by atoms with Crippen molar-refractivity contribution in [1.82, 2.24) is 9.88 Å². The van der Waals surface area contributed by atoms with Crippen LogP contribution in [0.15, 0.2) is 30.5 Å². The van der Waals surface area contributed by atoms with Crippen molar-refractivity contribution in [1.29, 1.82) is 5.26 Å². The molecule has 0 radical (unpaired) electrons. The number of aromatic nitrogens is 1. The number of hydrogen-bond donors (Lipinski definition) is 2. The second-order valence-electron chi connectivity index (χ2n) is 4.93. The van der Waals surface area contributed by atoms with E-state index in [1.165, 1.54) is 11.1 Å². The molecule has 6 nitrogen and oxygen atoms in total. The number of carbonyl (C=O) groups is 1. The standard InChI is InChI=1S/C15H17N5O/c1-10(7-16)9-20(2)15(21)13-8-18-14(19-17)12-6-4-3-5-11(12)13/h3-6,8,10H,9,17H2,1-2H3,(H,18,19). The predicted molar refractivity (Wildman–Crippen MR) is 81.3 cm³/mol. The average molecular weight is 283 g/mol. The molecule has 0 spiro atoms. The number of benzene rings is 1. The number of amides is 1. The fraction of sp³-hybridized carbons (Fsp3) is 0.267. The number of hydrazine groups is 1. The fourth-order valence-electron chi connectivity index (χ4n) is 2.22. The third kappa shape index (κ3) is 2.93. The Balaban J connectivity index is 2.43. The highest BCUT2D eigenvalue weighted by molar-refractivity contribution is 6.09. The van der Waals surface area contributed by atoms with Crippen molar-refractivity contribution in [3.8, 4) is 6.07 Å². The molecule has 1 heterocycles. The Hall–Kier alpha value is -2.65. The number of nitrogen functional groups attached to an aromatic ring is 1. The number of rotatable bonds is 4. The van der Waals surface area contributed by atoms with Crippen molar-refractivity contribution >= 4 is 22.5 Å². The minimum atomic E-state index is -0.219. The Morgan fingerprint density at radius 1 is 1.48 bits per heavy atom. The third-order valence-electron chi connectivity index (χ3n) is 3.28. The lowest BCUT2D eigenvalue weighted by atomic mass is 10.1. The highest BCUT2D eigenvalue weighted by Crippen LogP contribution is 2.24. The van der Waals surface area contributed by atoms with Gasteiger partial charge in [0.15, 0.2) is 0 Å². The molecule has 1 atom stereocenters. The molecule has 0 saturated heterocycles. The van der Waals surface area contributed by atoms with Crippen LogP contribution in [-0.2, 0) is 0 Å². The first kappa shape index (κ1) is 14.8. The number of nitriles is 1. The van der Waals surface area contributed by atoms with E-state index in [1.54, 1.807) is 14.0 Å². The summed E-state index contributed by atoms with van der Waals surface area (Å²) in [5.74, 6) is 5.58. The van der Waals surface area contributed by atoms with E-state index in [9.17, 15) is 4.79 Å². The molecule has 1 amide bonds. The lowest BCUT2D eigenvalue weighted by Gasteiger charge is -2.19. The average Bonchev–Trinajstić information content (AvgIpc) is 2.52. The lowest BCUT2D eigenvalue weighted by Crippen LogP contribution is -2.31. The zero-order valence-corrected chi connectivity index (χ0v) is 12.0. The van der Waals surface area contributed by atoms with Gasteiger partial charge in [-0.15, -0.1) is 0 Å². The van der Waals surface area contributed by atoms with Gasteiger partial charge in [0.05, 0.1) is 17.6 Å². The Labute approximate surface area is 123 Å². The molecule has 6 heteroatoms. The van der Waals surface area contributed by atoms with Crippen LogP contribution >= 0.6 is 0 Å². The van der Waals surface area contributed by atoms with E-state index in [0.29, 0.717) is 17.9 Å². The number of nitrogens with zero attached hydrogens (tertiary/aromatic N) is 3. The second kappa shape index (κ2) is 6.20. The number of carbonyl (C=O) groups excluding carboxylic acids is 1. The van der Waals surface area contributed by atoms with Crippen LogP contribution in [0.5, 0.6) is 0 Å². The topological polar surface area (TPSA) is 95.0 Å². The molecule has 2 rings (SSSR count). The minimum Gasteiger partial charge on any atom is -0.340 e. The fourth-order valence-corrected chi connectivity index (χ4v) is 2.22. The van der Waals surface area contributed by atoms with Crippen LogP contribution in [0.25, 0.3) is 10.8 Å². The van der Waals surface area contributed by atoms with Crippen LogP contribution < -0.4 is 11.3 Å². The highest BCUT2D eigenvalue weighted by Gasteiger charge is 2.18. The van der Waals surface area contributed by atoms with E-state index in [0.717, 1.165) is 10.8 Å². The monoisotopic (exact) mass is 283 g/mol. The highest BCUT2D eigenvalue weighted by atomic mass is 16.2. The number of nitrogens with one attached hydrogen (secondary N) is 1. The van der Waals surface area contributed by atoms with Crippen LogP contribution in [0, 0.1) is 17.2 Å². The van der Waals surface area contributed by atoms with Gasteiger partial charge in [-0.3, -0.25) is 4.79 Å². The summed E-state index contributed by atoms with van der Waals surface area (Å²) in [7, 11) is 1.68. The maximum Gasteiger partial charge on any atom is 0.255 e. The Kier molecular flexibility index (Phi) is 4.36. The molecule has 0 aliphatic heterocycles. The molecule has 1 unspecified atom stereocenters. The summed E-state index contributed by atoms with van der Waals surface area (Å²) in [6, 6.07) is 9.55. The number of nitrogens with two attached hydrogens (primary N) is 1. The van der Waals surface area contributed by atoms with Gasteiger partial charge < -0.3 is 10.3 Å². The lowest BCUT2D eigenvalue weighted by molar-refractivity contribution is 0.0786. The largest absolute Gasteiger partial charge is 0.340 e.